The highest BCUT2D eigenvalue weighted by Gasteiger charge is 2.16. The van der Waals surface area contributed by atoms with Crippen LogP contribution in [0.3, 0.4) is 0 Å². The van der Waals surface area contributed by atoms with Crippen LogP contribution >= 0.6 is 0 Å². The molecule has 0 spiro atoms. The molecule has 1 rings (SSSR count). The molecule has 0 saturated heterocycles. The van der Waals surface area contributed by atoms with E-state index in [0.29, 0.717) is 24.3 Å². The van der Waals surface area contributed by atoms with Crippen LogP contribution in [-0.4, -0.2) is 50.1 Å². The predicted molar refractivity (Wildman–Crippen MR) is 84.6 cm³/mol. The summed E-state index contributed by atoms with van der Waals surface area (Å²) in [7, 11) is 3.58. The van der Waals surface area contributed by atoms with E-state index >= 15 is 0 Å². The number of nitrogens with zero attached hydrogens (tertiary/aromatic N) is 1. The van der Waals surface area contributed by atoms with Crippen LogP contribution in [0.15, 0.2) is 24.3 Å². The van der Waals surface area contributed by atoms with Crippen molar-refractivity contribution in [3.63, 3.8) is 0 Å². The van der Waals surface area contributed by atoms with E-state index in [9.17, 15) is 9.59 Å². The number of benzene rings is 1. The molecule has 1 aromatic rings. The summed E-state index contributed by atoms with van der Waals surface area (Å²) in [4.78, 5) is 25.8. The van der Waals surface area contributed by atoms with Gasteiger partial charge in [0.2, 0.25) is 0 Å². The molecule has 0 unspecified atom stereocenters. The SMILES string of the molecule is CNCCN(C)C(=O)c1ccccc1NC(=O)NC(C)C. The summed E-state index contributed by atoms with van der Waals surface area (Å²) in [6, 6.07) is 6.72. The summed E-state index contributed by atoms with van der Waals surface area (Å²) >= 11 is 0. The van der Waals surface area contributed by atoms with Gasteiger partial charge in [-0.15, -0.1) is 0 Å². The number of nitrogens with one attached hydrogen (secondary N) is 3. The van der Waals surface area contributed by atoms with Gasteiger partial charge in [0.15, 0.2) is 0 Å². The number of hydrogen-bond acceptors (Lipinski definition) is 3. The molecule has 1 aromatic carbocycles. The Labute approximate surface area is 125 Å². The van der Waals surface area contributed by atoms with Crippen molar-refractivity contribution in [3.8, 4) is 0 Å². The second-order valence-corrected chi connectivity index (χ2v) is 5.13. The first kappa shape index (κ1) is 17.0. The Kier molecular flexibility index (Phi) is 6.68. The molecule has 0 saturated carbocycles. The zero-order chi connectivity index (χ0) is 15.8. The van der Waals surface area contributed by atoms with Gasteiger partial charge in [-0.2, -0.15) is 0 Å². The number of anilines is 1. The van der Waals surface area contributed by atoms with Crippen LogP contribution in [0.1, 0.15) is 24.2 Å². The van der Waals surface area contributed by atoms with Crippen molar-refractivity contribution in [2.45, 2.75) is 19.9 Å². The minimum Gasteiger partial charge on any atom is -0.340 e. The zero-order valence-corrected chi connectivity index (χ0v) is 13.1. The molecule has 6 nitrogen and oxygen atoms in total. The van der Waals surface area contributed by atoms with Crippen molar-refractivity contribution in [1.82, 2.24) is 15.5 Å². The second-order valence-electron chi connectivity index (χ2n) is 5.13. The van der Waals surface area contributed by atoms with E-state index in [-0.39, 0.29) is 18.0 Å². The average molecular weight is 292 g/mol. The van der Waals surface area contributed by atoms with Crippen LogP contribution < -0.4 is 16.0 Å². The third-order valence-electron chi connectivity index (χ3n) is 2.87. The molecule has 0 radical (unpaired) electrons. The van der Waals surface area contributed by atoms with Crippen molar-refractivity contribution >= 4 is 17.6 Å². The van der Waals surface area contributed by atoms with E-state index in [1.54, 1.807) is 36.2 Å². The van der Waals surface area contributed by atoms with E-state index in [1.165, 1.54) is 0 Å². The number of amides is 3. The predicted octanol–water partition coefficient (Wildman–Crippen LogP) is 1.51. The number of rotatable bonds is 6. The molecule has 0 fully saturated rings. The van der Waals surface area contributed by atoms with E-state index in [4.69, 9.17) is 0 Å². The van der Waals surface area contributed by atoms with E-state index in [1.807, 2.05) is 20.9 Å². The summed E-state index contributed by atoms with van der Waals surface area (Å²) in [5.74, 6) is -0.120. The quantitative estimate of drug-likeness (QED) is 0.744. The van der Waals surface area contributed by atoms with E-state index in [0.717, 1.165) is 0 Å². The van der Waals surface area contributed by atoms with Gasteiger partial charge in [0.25, 0.3) is 5.91 Å². The first-order valence-corrected chi connectivity index (χ1v) is 7.02. The fraction of sp³-hybridized carbons (Fsp3) is 0.467. The van der Waals surface area contributed by atoms with Crippen LogP contribution in [0, 0.1) is 0 Å². The number of hydrogen-bond donors (Lipinski definition) is 3. The van der Waals surface area contributed by atoms with Gasteiger partial charge in [0.1, 0.15) is 0 Å². The number of likely N-dealkylation sites (N-methyl/N-ethyl adjacent to an activating group) is 2. The van der Waals surface area contributed by atoms with Crippen LogP contribution in [0.2, 0.25) is 0 Å². The van der Waals surface area contributed by atoms with Crippen molar-refractivity contribution in [2.75, 3.05) is 32.5 Å². The summed E-state index contributed by atoms with van der Waals surface area (Å²) in [6.45, 7) is 5.07. The minimum absolute atomic E-state index is 0.0335. The molecule has 0 atom stereocenters. The molecule has 21 heavy (non-hydrogen) atoms. The molecule has 0 aromatic heterocycles. The summed E-state index contributed by atoms with van der Waals surface area (Å²) in [6.07, 6.45) is 0. The van der Waals surface area contributed by atoms with Crippen LogP contribution in [0.4, 0.5) is 10.5 Å². The summed E-state index contributed by atoms with van der Waals surface area (Å²) in [5, 5.41) is 8.46. The van der Waals surface area contributed by atoms with Crippen molar-refractivity contribution in [3.05, 3.63) is 29.8 Å². The summed E-state index contributed by atoms with van der Waals surface area (Å²) < 4.78 is 0. The molecule has 116 valence electrons. The van der Waals surface area contributed by atoms with Gasteiger partial charge in [-0.3, -0.25) is 4.79 Å². The van der Waals surface area contributed by atoms with E-state index < -0.39 is 0 Å². The molecule has 3 N–H and O–H groups in total. The highest BCUT2D eigenvalue weighted by Crippen LogP contribution is 2.16. The topological polar surface area (TPSA) is 73.5 Å². The maximum absolute atomic E-state index is 12.4. The van der Waals surface area contributed by atoms with Gasteiger partial charge in [0, 0.05) is 26.2 Å². The zero-order valence-electron chi connectivity index (χ0n) is 13.1. The Balaban J connectivity index is 2.83. The molecule has 0 aliphatic heterocycles. The number of carbonyl (C=O) groups is 2. The fourth-order valence-corrected chi connectivity index (χ4v) is 1.79. The Morgan fingerprint density at radius 1 is 1.24 bits per heavy atom. The van der Waals surface area contributed by atoms with Crippen molar-refractivity contribution in [1.29, 1.82) is 0 Å². The smallest absolute Gasteiger partial charge is 0.319 e. The molecule has 0 heterocycles. The van der Waals surface area contributed by atoms with Gasteiger partial charge in [-0.05, 0) is 33.0 Å². The number of carbonyl (C=O) groups excluding carboxylic acids is 2. The third-order valence-corrected chi connectivity index (χ3v) is 2.87. The number of urea groups is 1. The van der Waals surface area contributed by atoms with E-state index in [2.05, 4.69) is 16.0 Å². The van der Waals surface area contributed by atoms with Crippen LogP contribution in [0.5, 0.6) is 0 Å². The maximum Gasteiger partial charge on any atom is 0.319 e. The molecular formula is C15H24N4O2. The van der Waals surface area contributed by atoms with Gasteiger partial charge in [-0.1, -0.05) is 12.1 Å². The van der Waals surface area contributed by atoms with Crippen LogP contribution in [-0.2, 0) is 0 Å². The Morgan fingerprint density at radius 3 is 2.52 bits per heavy atom. The largest absolute Gasteiger partial charge is 0.340 e. The first-order valence-electron chi connectivity index (χ1n) is 7.02. The third kappa shape index (κ3) is 5.43. The Morgan fingerprint density at radius 2 is 1.90 bits per heavy atom. The first-order chi connectivity index (χ1) is 9.95. The molecular weight excluding hydrogens is 268 g/mol. The second kappa shape index (κ2) is 8.26. The van der Waals surface area contributed by atoms with Gasteiger partial charge < -0.3 is 20.9 Å². The fourth-order valence-electron chi connectivity index (χ4n) is 1.79. The lowest BCUT2D eigenvalue weighted by Gasteiger charge is -2.19. The molecule has 0 bridgehead atoms. The monoisotopic (exact) mass is 292 g/mol. The highest BCUT2D eigenvalue weighted by atomic mass is 16.2. The number of para-hydroxylation sites is 1. The van der Waals surface area contributed by atoms with Gasteiger partial charge >= 0.3 is 6.03 Å². The van der Waals surface area contributed by atoms with Crippen LogP contribution in [0.25, 0.3) is 0 Å². The Bertz CT molecular complexity index is 488. The van der Waals surface area contributed by atoms with Crippen molar-refractivity contribution in [2.24, 2.45) is 0 Å². The highest BCUT2D eigenvalue weighted by molar-refractivity contribution is 6.03. The maximum atomic E-state index is 12.4. The standard InChI is InChI=1S/C15H24N4O2/c1-11(2)17-15(21)18-13-8-6-5-7-12(13)14(20)19(4)10-9-16-3/h5-8,11,16H,9-10H2,1-4H3,(H2,17,18,21). The Hall–Kier alpha value is -2.08. The molecule has 6 heteroatoms. The van der Waals surface area contributed by atoms with Gasteiger partial charge in [-0.25, -0.2) is 4.79 Å². The molecule has 0 aliphatic rings. The van der Waals surface area contributed by atoms with Gasteiger partial charge in [0.05, 0.1) is 11.3 Å². The molecule has 3 amide bonds. The lowest BCUT2D eigenvalue weighted by Crippen LogP contribution is -2.36. The normalized spacial score (nSPS) is 10.3. The van der Waals surface area contributed by atoms with Crippen molar-refractivity contribution < 1.29 is 9.59 Å². The summed E-state index contributed by atoms with van der Waals surface area (Å²) in [5.41, 5.74) is 0.993. The lowest BCUT2D eigenvalue weighted by atomic mass is 10.1. The minimum atomic E-state index is -0.317. The lowest BCUT2D eigenvalue weighted by molar-refractivity contribution is 0.0798. The molecule has 0 aliphatic carbocycles. The average Bonchev–Trinajstić information content (AvgIpc) is 2.43.